The highest BCUT2D eigenvalue weighted by atomic mass is 16.5. The van der Waals surface area contributed by atoms with Crippen LogP contribution in [-0.4, -0.2) is 36.1 Å². The summed E-state index contributed by atoms with van der Waals surface area (Å²) in [5, 5.41) is 0. The molecule has 1 heterocycles. The second-order valence-electron chi connectivity index (χ2n) is 4.63. The zero-order valence-electron chi connectivity index (χ0n) is 9.58. The van der Waals surface area contributed by atoms with E-state index in [1.54, 1.807) is 0 Å². The summed E-state index contributed by atoms with van der Waals surface area (Å²) in [6.07, 6.45) is 6.18. The van der Waals surface area contributed by atoms with Gasteiger partial charge in [-0.15, -0.1) is 0 Å². The van der Waals surface area contributed by atoms with Gasteiger partial charge in [0.2, 0.25) is 5.91 Å². The van der Waals surface area contributed by atoms with Crippen molar-refractivity contribution in [1.29, 1.82) is 0 Å². The Kier molecular flexibility index (Phi) is 3.62. The molecular weight excluding hydrogens is 190 g/mol. The highest BCUT2D eigenvalue weighted by Crippen LogP contribution is 2.32. The standard InChI is InChI=1S/C12H21NO2/c1-2-3-12(14)13(10-4-5-10)11-6-8-15-9-7-11/h10-11H,2-9H2,1H3. The lowest BCUT2D eigenvalue weighted by atomic mass is 10.1. The predicted octanol–water partition coefficient (Wildman–Crippen LogP) is 1.96. The smallest absolute Gasteiger partial charge is 0.223 e. The number of hydrogen-bond acceptors (Lipinski definition) is 2. The van der Waals surface area contributed by atoms with Gasteiger partial charge in [-0.25, -0.2) is 0 Å². The SMILES string of the molecule is CCCC(=O)N(C1CCOCC1)C1CC1. The van der Waals surface area contributed by atoms with Crippen LogP contribution in [0.15, 0.2) is 0 Å². The van der Waals surface area contributed by atoms with Gasteiger partial charge in [0.05, 0.1) is 0 Å². The van der Waals surface area contributed by atoms with Gasteiger partial charge in [0.1, 0.15) is 0 Å². The Morgan fingerprint density at radius 3 is 2.33 bits per heavy atom. The molecule has 0 N–H and O–H groups in total. The minimum atomic E-state index is 0.368. The number of carbonyl (C=O) groups is 1. The molecule has 2 fully saturated rings. The maximum absolute atomic E-state index is 12.0. The van der Waals surface area contributed by atoms with Crippen molar-refractivity contribution in [3.63, 3.8) is 0 Å². The van der Waals surface area contributed by atoms with Gasteiger partial charge in [-0.2, -0.15) is 0 Å². The van der Waals surface area contributed by atoms with E-state index in [0.717, 1.165) is 32.5 Å². The van der Waals surface area contributed by atoms with E-state index >= 15 is 0 Å². The fraction of sp³-hybridized carbons (Fsp3) is 0.917. The van der Waals surface area contributed by atoms with Crippen molar-refractivity contribution in [2.75, 3.05) is 13.2 Å². The first-order valence-corrected chi connectivity index (χ1v) is 6.22. The van der Waals surface area contributed by atoms with Gasteiger partial charge in [-0.3, -0.25) is 4.79 Å². The first-order chi connectivity index (χ1) is 7.33. The quantitative estimate of drug-likeness (QED) is 0.711. The molecule has 0 unspecified atom stereocenters. The normalized spacial score (nSPS) is 22.7. The third-order valence-corrected chi connectivity index (χ3v) is 3.28. The fourth-order valence-corrected chi connectivity index (χ4v) is 2.36. The molecule has 1 amide bonds. The second-order valence-corrected chi connectivity index (χ2v) is 4.63. The lowest BCUT2D eigenvalue weighted by molar-refractivity contribution is -0.136. The Morgan fingerprint density at radius 2 is 1.80 bits per heavy atom. The van der Waals surface area contributed by atoms with E-state index in [0.29, 0.717) is 24.4 Å². The highest BCUT2D eigenvalue weighted by molar-refractivity contribution is 5.77. The molecule has 0 bridgehead atoms. The average Bonchev–Trinajstić information content (AvgIpc) is 3.04. The minimum absolute atomic E-state index is 0.368. The molecule has 0 radical (unpaired) electrons. The van der Waals surface area contributed by atoms with Gasteiger partial charge in [0.15, 0.2) is 0 Å². The Hall–Kier alpha value is -0.570. The van der Waals surface area contributed by atoms with Crippen LogP contribution in [0.2, 0.25) is 0 Å². The van der Waals surface area contributed by atoms with Gasteiger partial charge in [0, 0.05) is 31.7 Å². The van der Waals surface area contributed by atoms with Crippen molar-refractivity contribution in [3.8, 4) is 0 Å². The third-order valence-electron chi connectivity index (χ3n) is 3.28. The summed E-state index contributed by atoms with van der Waals surface area (Å²) in [4.78, 5) is 14.2. The monoisotopic (exact) mass is 211 g/mol. The zero-order chi connectivity index (χ0) is 10.7. The fourth-order valence-electron chi connectivity index (χ4n) is 2.36. The summed E-state index contributed by atoms with van der Waals surface area (Å²) in [7, 11) is 0. The molecule has 3 heteroatoms. The van der Waals surface area contributed by atoms with Crippen LogP contribution in [0.1, 0.15) is 45.4 Å². The third kappa shape index (κ3) is 2.71. The summed E-state index contributed by atoms with van der Waals surface area (Å²) in [5.41, 5.74) is 0. The van der Waals surface area contributed by atoms with Crippen LogP contribution in [0.25, 0.3) is 0 Å². The number of nitrogens with zero attached hydrogens (tertiary/aromatic N) is 1. The molecule has 0 atom stereocenters. The van der Waals surface area contributed by atoms with E-state index in [4.69, 9.17) is 4.74 Å². The van der Waals surface area contributed by atoms with Gasteiger partial charge >= 0.3 is 0 Å². The van der Waals surface area contributed by atoms with Crippen molar-refractivity contribution >= 4 is 5.91 Å². The molecule has 0 aromatic rings. The Morgan fingerprint density at radius 1 is 1.20 bits per heavy atom. The molecule has 1 aliphatic heterocycles. The van der Waals surface area contributed by atoms with Crippen molar-refractivity contribution in [1.82, 2.24) is 4.90 Å². The van der Waals surface area contributed by atoms with Crippen LogP contribution in [0.4, 0.5) is 0 Å². The first kappa shape index (κ1) is 10.9. The van der Waals surface area contributed by atoms with Crippen molar-refractivity contribution < 1.29 is 9.53 Å². The van der Waals surface area contributed by atoms with Crippen LogP contribution >= 0.6 is 0 Å². The molecule has 86 valence electrons. The van der Waals surface area contributed by atoms with Crippen LogP contribution in [-0.2, 0) is 9.53 Å². The Balaban J connectivity index is 1.94. The molecule has 1 saturated carbocycles. The number of ether oxygens (including phenoxy) is 1. The summed E-state index contributed by atoms with van der Waals surface area (Å²) in [5.74, 6) is 0.368. The maximum atomic E-state index is 12.0. The lowest BCUT2D eigenvalue weighted by Crippen LogP contribution is -2.44. The molecule has 0 aromatic carbocycles. The number of amides is 1. The maximum Gasteiger partial charge on any atom is 0.223 e. The molecule has 1 saturated heterocycles. The van der Waals surface area contributed by atoms with E-state index in [2.05, 4.69) is 11.8 Å². The summed E-state index contributed by atoms with van der Waals surface area (Å²) in [6, 6.07) is 1.03. The van der Waals surface area contributed by atoms with Gasteiger partial charge < -0.3 is 9.64 Å². The predicted molar refractivity (Wildman–Crippen MR) is 58.6 cm³/mol. The summed E-state index contributed by atoms with van der Waals surface area (Å²) >= 11 is 0. The van der Waals surface area contributed by atoms with Gasteiger partial charge in [-0.05, 0) is 32.1 Å². The topological polar surface area (TPSA) is 29.5 Å². The van der Waals surface area contributed by atoms with E-state index in [-0.39, 0.29) is 0 Å². The molecule has 3 nitrogen and oxygen atoms in total. The van der Waals surface area contributed by atoms with Crippen LogP contribution in [0.3, 0.4) is 0 Å². The molecular formula is C12H21NO2. The zero-order valence-corrected chi connectivity index (χ0v) is 9.58. The molecule has 0 spiro atoms. The molecule has 2 rings (SSSR count). The number of hydrogen-bond donors (Lipinski definition) is 0. The minimum Gasteiger partial charge on any atom is -0.381 e. The van der Waals surface area contributed by atoms with Gasteiger partial charge in [-0.1, -0.05) is 6.92 Å². The average molecular weight is 211 g/mol. The Bertz CT molecular complexity index is 220. The Labute approximate surface area is 91.8 Å². The molecule has 1 aliphatic carbocycles. The molecule has 2 aliphatic rings. The largest absolute Gasteiger partial charge is 0.381 e. The van der Waals surface area contributed by atoms with Crippen LogP contribution in [0, 0.1) is 0 Å². The second kappa shape index (κ2) is 4.97. The molecule has 15 heavy (non-hydrogen) atoms. The van der Waals surface area contributed by atoms with Crippen LogP contribution in [0.5, 0.6) is 0 Å². The van der Waals surface area contributed by atoms with E-state index in [1.165, 1.54) is 12.8 Å². The first-order valence-electron chi connectivity index (χ1n) is 6.22. The lowest BCUT2D eigenvalue weighted by Gasteiger charge is -2.34. The van der Waals surface area contributed by atoms with Crippen molar-refractivity contribution in [2.45, 2.75) is 57.5 Å². The summed E-state index contributed by atoms with van der Waals surface area (Å²) in [6.45, 7) is 3.73. The van der Waals surface area contributed by atoms with E-state index < -0.39 is 0 Å². The van der Waals surface area contributed by atoms with Gasteiger partial charge in [0.25, 0.3) is 0 Å². The number of carbonyl (C=O) groups excluding carboxylic acids is 1. The van der Waals surface area contributed by atoms with Crippen LogP contribution < -0.4 is 0 Å². The molecule has 0 aromatic heterocycles. The van der Waals surface area contributed by atoms with E-state index in [1.807, 2.05) is 0 Å². The summed E-state index contributed by atoms with van der Waals surface area (Å²) < 4.78 is 5.35. The van der Waals surface area contributed by atoms with Crippen molar-refractivity contribution in [2.24, 2.45) is 0 Å². The van der Waals surface area contributed by atoms with Crippen molar-refractivity contribution in [3.05, 3.63) is 0 Å². The van der Waals surface area contributed by atoms with E-state index in [9.17, 15) is 4.79 Å². The number of rotatable bonds is 4. The highest BCUT2D eigenvalue weighted by Gasteiger charge is 2.37.